The van der Waals surface area contributed by atoms with Crippen molar-refractivity contribution in [1.82, 2.24) is 0 Å². The Labute approximate surface area is 131 Å². The summed E-state index contributed by atoms with van der Waals surface area (Å²) in [5.74, 6) is 0.984. The zero-order chi connectivity index (χ0) is 15.9. The van der Waals surface area contributed by atoms with Crippen LogP contribution >= 0.6 is 0 Å². The van der Waals surface area contributed by atoms with Gasteiger partial charge in [0.15, 0.2) is 0 Å². The van der Waals surface area contributed by atoms with E-state index in [1.807, 2.05) is 0 Å². The third kappa shape index (κ3) is 2.99. The van der Waals surface area contributed by atoms with Crippen molar-refractivity contribution in [2.75, 3.05) is 0 Å². The molecule has 0 heterocycles. The fourth-order valence-electron chi connectivity index (χ4n) is 5.33. The Morgan fingerprint density at radius 1 is 1.10 bits per heavy atom. The van der Waals surface area contributed by atoms with Crippen molar-refractivity contribution >= 4 is 0 Å². The van der Waals surface area contributed by atoms with Crippen molar-refractivity contribution in [3.05, 3.63) is 23.8 Å². The van der Waals surface area contributed by atoms with Crippen LogP contribution in [0.2, 0.25) is 0 Å². The molecule has 0 aliphatic heterocycles. The van der Waals surface area contributed by atoms with E-state index in [0.717, 1.165) is 12.3 Å². The van der Waals surface area contributed by atoms with Gasteiger partial charge >= 0.3 is 0 Å². The molecule has 0 radical (unpaired) electrons. The van der Waals surface area contributed by atoms with Gasteiger partial charge in [0.05, 0.1) is 5.60 Å². The SMILES string of the molecule is C/C=C(C)/C=C/C1C(C)(O)CCC2C(C)(C)CCCC21C. The van der Waals surface area contributed by atoms with E-state index in [-0.39, 0.29) is 11.3 Å². The van der Waals surface area contributed by atoms with Crippen LogP contribution in [-0.4, -0.2) is 10.7 Å². The lowest BCUT2D eigenvalue weighted by atomic mass is 9.45. The minimum atomic E-state index is -0.566. The molecule has 120 valence electrons. The van der Waals surface area contributed by atoms with E-state index in [9.17, 15) is 5.11 Å². The van der Waals surface area contributed by atoms with Crippen molar-refractivity contribution in [3.63, 3.8) is 0 Å². The maximum Gasteiger partial charge on any atom is 0.0687 e. The normalized spacial score (nSPS) is 43.9. The van der Waals surface area contributed by atoms with Crippen molar-refractivity contribution < 1.29 is 5.11 Å². The van der Waals surface area contributed by atoms with Crippen molar-refractivity contribution in [3.8, 4) is 0 Å². The fraction of sp³-hybridized carbons (Fsp3) is 0.800. The molecular formula is C20H34O. The zero-order valence-corrected chi connectivity index (χ0v) is 14.9. The van der Waals surface area contributed by atoms with Gasteiger partial charge in [0.2, 0.25) is 0 Å². The quantitative estimate of drug-likeness (QED) is 0.665. The van der Waals surface area contributed by atoms with Gasteiger partial charge in [-0.3, -0.25) is 0 Å². The van der Waals surface area contributed by atoms with Crippen LogP contribution in [0.4, 0.5) is 0 Å². The molecule has 2 saturated carbocycles. The van der Waals surface area contributed by atoms with Crippen molar-refractivity contribution in [2.24, 2.45) is 22.7 Å². The van der Waals surface area contributed by atoms with Crippen LogP contribution in [0.5, 0.6) is 0 Å². The molecule has 2 rings (SSSR count). The highest BCUT2D eigenvalue weighted by atomic mass is 16.3. The number of aliphatic hydroxyl groups is 1. The standard InChI is InChI=1S/C20H34O/c1-7-15(2)9-10-17-19(5)13-8-12-18(3,4)16(19)11-14-20(17,6)21/h7,9-10,16-17,21H,8,11-14H2,1-6H3/b10-9+,15-7+. The molecule has 2 aliphatic rings. The molecule has 0 spiro atoms. The van der Waals surface area contributed by atoms with E-state index in [2.05, 4.69) is 59.8 Å². The van der Waals surface area contributed by atoms with E-state index < -0.39 is 5.60 Å². The average molecular weight is 290 g/mol. The summed E-state index contributed by atoms with van der Waals surface area (Å²) in [5, 5.41) is 11.0. The summed E-state index contributed by atoms with van der Waals surface area (Å²) < 4.78 is 0. The lowest BCUT2D eigenvalue weighted by Crippen LogP contribution is -2.56. The first-order chi connectivity index (χ1) is 9.63. The predicted octanol–water partition coefficient (Wildman–Crippen LogP) is 5.50. The zero-order valence-electron chi connectivity index (χ0n) is 14.9. The molecule has 0 saturated heterocycles. The largest absolute Gasteiger partial charge is 0.390 e. The third-order valence-electron chi connectivity index (χ3n) is 6.60. The highest BCUT2D eigenvalue weighted by Crippen LogP contribution is 2.62. The fourth-order valence-corrected chi connectivity index (χ4v) is 5.33. The van der Waals surface area contributed by atoms with E-state index in [1.54, 1.807) is 0 Å². The van der Waals surface area contributed by atoms with Gasteiger partial charge < -0.3 is 5.11 Å². The van der Waals surface area contributed by atoms with Gasteiger partial charge in [0, 0.05) is 5.92 Å². The summed E-state index contributed by atoms with van der Waals surface area (Å²) in [6.45, 7) is 13.6. The Bertz CT molecular complexity index is 441. The van der Waals surface area contributed by atoms with Crippen LogP contribution < -0.4 is 0 Å². The number of fused-ring (bicyclic) bond motifs is 1. The summed E-state index contributed by atoms with van der Waals surface area (Å²) in [6.07, 6.45) is 12.6. The van der Waals surface area contributed by atoms with Crippen molar-refractivity contribution in [2.45, 2.75) is 79.2 Å². The minimum Gasteiger partial charge on any atom is -0.390 e. The Kier molecular flexibility index (Phi) is 4.46. The second-order valence-corrected chi connectivity index (χ2v) is 8.67. The topological polar surface area (TPSA) is 20.2 Å². The van der Waals surface area contributed by atoms with Gasteiger partial charge in [0.25, 0.3) is 0 Å². The molecule has 1 heteroatoms. The van der Waals surface area contributed by atoms with Crippen LogP contribution in [0.15, 0.2) is 23.8 Å². The second kappa shape index (κ2) is 5.57. The second-order valence-electron chi connectivity index (χ2n) is 8.67. The van der Waals surface area contributed by atoms with Gasteiger partial charge in [-0.15, -0.1) is 0 Å². The Hall–Kier alpha value is -0.560. The number of allylic oxidation sites excluding steroid dienone is 3. The van der Waals surface area contributed by atoms with Crippen LogP contribution in [0.3, 0.4) is 0 Å². The maximum atomic E-state index is 11.0. The summed E-state index contributed by atoms with van der Waals surface area (Å²) in [4.78, 5) is 0. The molecule has 2 fully saturated rings. The molecule has 1 nitrogen and oxygen atoms in total. The molecule has 0 bridgehead atoms. The number of hydrogen-bond acceptors (Lipinski definition) is 1. The molecule has 4 atom stereocenters. The first kappa shape index (κ1) is 16.8. The monoisotopic (exact) mass is 290 g/mol. The highest BCUT2D eigenvalue weighted by molar-refractivity contribution is 5.21. The highest BCUT2D eigenvalue weighted by Gasteiger charge is 2.56. The van der Waals surface area contributed by atoms with Crippen LogP contribution in [-0.2, 0) is 0 Å². The average Bonchev–Trinajstić information content (AvgIpc) is 2.35. The molecule has 0 aromatic carbocycles. The smallest absolute Gasteiger partial charge is 0.0687 e. The van der Waals surface area contributed by atoms with E-state index >= 15 is 0 Å². The Morgan fingerprint density at radius 2 is 1.76 bits per heavy atom. The summed E-state index contributed by atoms with van der Waals surface area (Å²) in [6, 6.07) is 0. The molecule has 0 amide bonds. The minimum absolute atomic E-state index is 0.230. The van der Waals surface area contributed by atoms with Gasteiger partial charge in [-0.25, -0.2) is 0 Å². The molecule has 2 aliphatic carbocycles. The maximum absolute atomic E-state index is 11.0. The van der Waals surface area contributed by atoms with Crippen LogP contribution in [0, 0.1) is 22.7 Å². The lowest BCUT2D eigenvalue weighted by Gasteiger charge is -2.60. The molecule has 0 aromatic heterocycles. The van der Waals surface area contributed by atoms with Gasteiger partial charge in [-0.2, -0.15) is 0 Å². The van der Waals surface area contributed by atoms with E-state index in [1.165, 1.54) is 31.3 Å². The van der Waals surface area contributed by atoms with Crippen LogP contribution in [0.1, 0.15) is 73.6 Å². The summed E-state index contributed by atoms with van der Waals surface area (Å²) in [7, 11) is 0. The van der Waals surface area contributed by atoms with Crippen LogP contribution in [0.25, 0.3) is 0 Å². The summed E-state index contributed by atoms with van der Waals surface area (Å²) >= 11 is 0. The molecule has 4 unspecified atom stereocenters. The van der Waals surface area contributed by atoms with E-state index in [4.69, 9.17) is 0 Å². The Morgan fingerprint density at radius 3 is 2.38 bits per heavy atom. The Balaban J connectivity index is 2.39. The van der Waals surface area contributed by atoms with Gasteiger partial charge in [0.1, 0.15) is 0 Å². The molecule has 21 heavy (non-hydrogen) atoms. The van der Waals surface area contributed by atoms with E-state index in [0.29, 0.717) is 5.41 Å². The third-order valence-corrected chi connectivity index (χ3v) is 6.60. The van der Waals surface area contributed by atoms with Gasteiger partial charge in [-0.05, 0) is 63.2 Å². The molecular weight excluding hydrogens is 256 g/mol. The first-order valence-corrected chi connectivity index (χ1v) is 8.67. The number of rotatable bonds is 2. The molecule has 0 aromatic rings. The predicted molar refractivity (Wildman–Crippen MR) is 91.1 cm³/mol. The summed E-state index contributed by atoms with van der Waals surface area (Å²) in [5.41, 5.74) is 1.36. The number of hydrogen-bond donors (Lipinski definition) is 1. The van der Waals surface area contributed by atoms with Crippen molar-refractivity contribution in [1.29, 1.82) is 0 Å². The molecule has 1 N–H and O–H groups in total. The van der Waals surface area contributed by atoms with Gasteiger partial charge in [-0.1, -0.05) is 51.0 Å². The first-order valence-electron chi connectivity index (χ1n) is 8.67. The lowest BCUT2D eigenvalue weighted by molar-refractivity contribution is -0.149.